The molecule has 0 aliphatic carbocycles. The molecule has 1 saturated heterocycles. The molecule has 0 bridgehead atoms. The molecule has 0 radical (unpaired) electrons. The Balaban J connectivity index is 1.94. The summed E-state index contributed by atoms with van der Waals surface area (Å²) < 4.78 is 0. The Morgan fingerprint density at radius 1 is 1.73 bits per heavy atom. The summed E-state index contributed by atoms with van der Waals surface area (Å²) in [4.78, 5) is 8.89. The molecule has 1 fully saturated rings. The minimum absolute atomic E-state index is 0.599. The van der Waals surface area contributed by atoms with Gasteiger partial charge in [0.05, 0.1) is 0 Å². The summed E-state index contributed by atoms with van der Waals surface area (Å²) in [7, 11) is 4.28. The highest BCUT2D eigenvalue weighted by molar-refractivity contribution is 7.14. The van der Waals surface area contributed by atoms with Gasteiger partial charge in [-0.1, -0.05) is 11.6 Å². The van der Waals surface area contributed by atoms with Crippen LogP contribution in [-0.4, -0.2) is 43.1 Å². The normalized spacial score (nSPS) is 22.2. The van der Waals surface area contributed by atoms with E-state index in [0.717, 1.165) is 11.7 Å². The SMILES string of the molecule is CN(CC1CCCN1C)c1nc(Cl)cs1. The number of rotatable bonds is 3. The molecule has 1 aromatic heterocycles. The summed E-state index contributed by atoms with van der Waals surface area (Å²) in [5.41, 5.74) is 0. The molecule has 0 saturated carbocycles. The lowest BCUT2D eigenvalue weighted by molar-refractivity contribution is 0.314. The zero-order valence-electron chi connectivity index (χ0n) is 9.11. The largest absolute Gasteiger partial charge is 0.350 e. The van der Waals surface area contributed by atoms with Gasteiger partial charge in [-0.15, -0.1) is 11.3 Å². The van der Waals surface area contributed by atoms with Gasteiger partial charge in [0.2, 0.25) is 0 Å². The minimum Gasteiger partial charge on any atom is -0.350 e. The minimum atomic E-state index is 0.599. The summed E-state index contributed by atoms with van der Waals surface area (Å²) in [5.74, 6) is 0. The molecule has 2 heterocycles. The predicted octanol–water partition coefficient (Wildman–Crippen LogP) is 2.33. The van der Waals surface area contributed by atoms with Crippen molar-refractivity contribution in [2.45, 2.75) is 18.9 Å². The van der Waals surface area contributed by atoms with Crippen LogP contribution in [0.3, 0.4) is 0 Å². The van der Waals surface area contributed by atoms with Crippen LogP contribution in [0, 0.1) is 0 Å². The van der Waals surface area contributed by atoms with E-state index >= 15 is 0 Å². The Bertz CT molecular complexity index is 328. The highest BCUT2D eigenvalue weighted by atomic mass is 35.5. The summed E-state index contributed by atoms with van der Waals surface area (Å²) in [6.45, 7) is 2.26. The molecule has 5 heteroatoms. The Morgan fingerprint density at radius 2 is 2.53 bits per heavy atom. The van der Waals surface area contributed by atoms with Crippen LogP contribution < -0.4 is 4.90 Å². The lowest BCUT2D eigenvalue weighted by Crippen LogP contribution is -2.36. The predicted molar refractivity (Wildman–Crippen MR) is 66.0 cm³/mol. The van der Waals surface area contributed by atoms with Crippen LogP contribution in [0.4, 0.5) is 5.13 Å². The molecule has 1 atom stereocenters. The quantitative estimate of drug-likeness (QED) is 0.815. The zero-order chi connectivity index (χ0) is 10.8. The van der Waals surface area contributed by atoms with E-state index in [1.54, 1.807) is 11.3 Å². The lowest BCUT2D eigenvalue weighted by Gasteiger charge is -2.25. The maximum absolute atomic E-state index is 5.81. The monoisotopic (exact) mass is 245 g/mol. The van der Waals surface area contributed by atoms with Crippen molar-refractivity contribution in [2.24, 2.45) is 0 Å². The van der Waals surface area contributed by atoms with Crippen molar-refractivity contribution in [1.82, 2.24) is 9.88 Å². The Hall–Kier alpha value is -0.320. The molecule has 0 aromatic carbocycles. The van der Waals surface area contributed by atoms with E-state index in [1.807, 2.05) is 5.38 Å². The number of aromatic nitrogens is 1. The molecule has 1 aliphatic rings. The summed E-state index contributed by atoms with van der Waals surface area (Å²) in [6, 6.07) is 0.665. The molecule has 84 valence electrons. The van der Waals surface area contributed by atoms with E-state index in [9.17, 15) is 0 Å². The summed E-state index contributed by atoms with van der Waals surface area (Å²) in [6.07, 6.45) is 2.60. The fourth-order valence-corrected chi connectivity index (χ4v) is 2.95. The van der Waals surface area contributed by atoms with Crippen LogP contribution >= 0.6 is 22.9 Å². The number of hydrogen-bond acceptors (Lipinski definition) is 4. The maximum atomic E-state index is 5.81. The molecule has 3 nitrogen and oxygen atoms in total. The smallest absolute Gasteiger partial charge is 0.186 e. The Labute approximate surface area is 99.7 Å². The third-order valence-corrected chi connectivity index (χ3v) is 4.22. The molecule has 2 rings (SSSR count). The van der Waals surface area contributed by atoms with Crippen molar-refractivity contribution in [1.29, 1.82) is 0 Å². The molecule has 15 heavy (non-hydrogen) atoms. The van der Waals surface area contributed by atoms with E-state index < -0.39 is 0 Å². The zero-order valence-corrected chi connectivity index (χ0v) is 10.7. The lowest BCUT2D eigenvalue weighted by atomic mass is 10.2. The van der Waals surface area contributed by atoms with Gasteiger partial charge in [0.25, 0.3) is 0 Å². The van der Waals surface area contributed by atoms with Crippen LogP contribution in [0.2, 0.25) is 5.15 Å². The highest BCUT2D eigenvalue weighted by Crippen LogP contribution is 2.24. The van der Waals surface area contributed by atoms with Crippen molar-refractivity contribution in [2.75, 3.05) is 32.1 Å². The van der Waals surface area contributed by atoms with Crippen molar-refractivity contribution >= 4 is 28.1 Å². The average molecular weight is 246 g/mol. The van der Waals surface area contributed by atoms with Gasteiger partial charge in [-0.25, -0.2) is 4.98 Å². The first kappa shape index (κ1) is 11.2. The second-order valence-electron chi connectivity index (χ2n) is 4.11. The number of likely N-dealkylation sites (tertiary alicyclic amines) is 1. The van der Waals surface area contributed by atoms with Gasteiger partial charge >= 0.3 is 0 Å². The van der Waals surface area contributed by atoms with Crippen molar-refractivity contribution < 1.29 is 0 Å². The van der Waals surface area contributed by atoms with Gasteiger partial charge in [-0.05, 0) is 26.4 Å². The first-order valence-corrected chi connectivity index (χ1v) is 6.45. The van der Waals surface area contributed by atoms with E-state index in [-0.39, 0.29) is 0 Å². The molecule has 0 spiro atoms. The van der Waals surface area contributed by atoms with Gasteiger partial charge in [0.15, 0.2) is 5.13 Å². The van der Waals surface area contributed by atoms with E-state index in [4.69, 9.17) is 11.6 Å². The van der Waals surface area contributed by atoms with Crippen molar-refractivity contribution in [3.63, 3.8) is 0 Å². The average Bonchev–Trinajstić information content (AvgIpc) is 2.77. The van der Waals surface area contributed by atoms with Gasteiger partial charge in [0.1, 0.15) is 5.15 Å². The molecule has 1 aliphatic heterocycles. The highest BCUT2D eigenvalue weighted by Gasteiger charge is 2.22. The number of hydrogen-bond donors (Lipinski definition) is 0. The van der Waals surface area contributed by atoms with Crippen LogP contribution in [0.5, 0.6) is 0 Å². The van der Waals surface area contributed by atoms with Crippen LogP contribution in [0.1, 0.15) is 12.8 Å². The molecule has 1 unspecified atom stereocenters. The fourth-order valence-electron chi connectivity index (χ4n) is 2.02. The van der Waals surface area contributed by atoms with Gasteiger partial charge in [-0.2, -0.15) is 0 Å². The topological polar surface area (TPSA) is 19.4 Å². The Morgan fingerprint density at radius 3 is 3.07 bits per heavy atom. The number of halogens is 1. The first-order valence-electron chi connectivity index (χ1n) is 5.19. The standard InChI is InChI=1S/C10H16ClN3S/c1-13-5-3-4-8(13)6-14(2)10-12-9(11)7-15-10/h7-8H,3-6H2,1-2H3. The molecule has 0 amide bonds. The third-order valence-electron chi connectivity index (χ3n) is 2.95. The number of thiazole rings is 1. The third kappa shape index (κ3) is 2.62. The van der Waals surface area contributed by atoms with Gasteiger partial charge < -0.3 is 9.80 Å². The number of likely N-dealkylation sites (N-methyl/N-ethyl adjacent to an activating group) is 2. The molecular formula is C10H16ClN3S. The molecule has 0 N–H and O–H groups in total. The molecule has 1 aromatic rings. The van der Waals surface area contributed by atoms with Gasteiger partial charge in [0, 0.05) is 25.0 Å². The maximum Gasteiger partial charge on any atom is 0.186 e. The van der Waals surface area contributed by atoms with Crippen molar-refractivity contribution in [3.05, 3.63) is 10.5 Å². The van der Waals surface area contributed by atoms with Crippen LogP contribution in [-0.2, 0) is 0 Å². The second kappa shape index (κ2) is 4.68. The van der Waals surface area contributed by atoms with Gasteiger partial charge in [-0.3, -0.25) is 0 Å². The fraction of sp³-hybridized carbons (Fsp3) is 0.700. The first-order chi connectivity index (χ1) is 7.16. The summed E-state index contributed by atoms with van der Waals surface area (Å²) in [5, 5.41) is 3.49. The van der Waals surface area contributed by atoms with Crippen LogP contribution in [0.15, 0.2) is 5.38 Å². The molecular weight excluding hydrogens is 230 g/mol. The number of nitrogens with zero attached hydrogens (tertiary/aromatic N) is 3. The van der Waals surface area contributed by atoms with E-state index in [1.165, 1.54) is 19.4 Å². The van der Waals surface area contributed by atoms with Crippen molar-refractivity contribution in [3.8, 4) is 0 Å². The Kier molecular flexibility index (Phi) is 3.49. The number of anilines is 1. The van der Waals surface area contributed by atoms with E-state index in [2.05, 4.69) is 28.9 Å². The summed E-state index contributed by atoms with van der Waals surface area (Å²) >= 11 is 7.42. The second-order valence-corrected chi connectivity index (χ2v) is 5.33. The van der Waals surface area contributed by atoms with Crippen LogP contribution in [0.25, 0.3) is 0 Å². The van der Waals surface area contributed by atoms with E-state index in [0.29, 0.717) is 11.2 Å².